The Kier molecular flexibility index (Phi) is 3.35. The lowest BCUT2D eigenvalue weighted by Gasteiger charge is -2.04. The topological polar surface area (TPSA) is 73.1 Å². The van der Waals surface area contributed by atoms with Crippen LogP contribution in [0.4, 0.5) is 0 Å². The largest absolute Gasteiger partial charge is 0.750 e. The SMILES string of the molecule is CC(C#N)OS(=O)[O-]. The molecule has 0 aromatic carbocycles. The van der Waals surface area contributed by atoms with Gasteiger partial charge in [-0.05, 0) is 6.92 Å². The van der Waals surface area contributed by atoms with E-state index in [4.69, 9.17) is 5.26 Å². The predicted octanol–water partition coefficient (Wildman–Crippen LogP) is -0.291. The molecule has 5 heteroatoms. The second-order valence-electron chi connectivity index (χ2n) is 1.07. The smallest absolute Gasteiger partial charge is 0.157 e. The first-order valence-corrected chi connectivity index (χ1v) is 2.83. The van der Waals surface area contributed by atoms with E-state index in [9.17, 15) is 8.76 Å². The molecule has 0 amide bonds. The molecule has 0 fully saturated rings. The third-order valence-corrected chi connectivity index (χ3v) is 0.851. The van der Waals surface area contributed by atoms with Gasteiger partial charge in [0.2, 0.25) is 0 Å². The summed E-state index contributed by atoms with van der Waals surface area (Å²) in [5.74, 6) is 0. The summed E-state index contributed by atoms with van der Waals surface area (Å²) in [5, 5.41) is 7.94. The molecule has 0 aliphatic rings. The summed E-state index contributed by atoms with van der Waals surface area (Å²) in [4.78, 5) is 0. The van der Waals surface area contributed by atoms with Crippen molar-refractivity contribution in [2.24, 2.45) is 0 Å². The van der Waals surface area contributed by atoms with Crippen LogP contribution in [0.15, 0.2) is 0 Å². The average molecular weight is 134 g/mol. The van der Waals surface area contributed by atoms with Crippen molar-refractivity contribution in [3.05, 3.63) is 0 Å². The lowest BCUT2D eigenvalue weighted by molar-refractivity contribution is 0.267. The molecule has 0 saturated carbocycles. The third kappa shape index (κ3) is 3.74. The molecule has 0 aliphatic heterocycles. The predicted molar refractivity (Wildman–Crippen MR) is 25.1 cm³/mol. The van der Waals surface area contributed by atoms with E-state index in [0.29, 0.717) is 0 Å². The van der Waals surface area contributed by atoms with Gasteiger partial charge in [0.1, 0.15) is 0 Å². The van der Waals surface area contributed by atoms with E-state index in [1.54, 1.807) is 6.07 Å². The van der Waals surface area contributed by atoms with Crippen LogP contribution >= 0.6 is 0 Å². The zero-order valence-electron chi connectivity index (χ0n) is 4.16. The van der Waals surface area contributed by atoms with E-state index in [1.807, 2.05) is 0 Å². The van der Waals surface area contributed by atoms with Gasteiger partial charge in [0.15, 0.2) is 6.10 Å². The van der Waals surface area contributed by atoms with Crippen molar-refractivity contribution < 1.29 is 12.9 Å². The van der Waals surface area contributed by atoms with Gasteiger partial charge in [-0.2, -0.15) is 5.26 Å². The molecule has 2 atom stereocenters. The zero-order chi connectivity index (χ0) is 6.57. The first-order valence-electron chi connectivity index (χ1n) is 1.83. The van der Waals surface area contributed by atoms with Gasteiger partial charge in [-0.3, -0.25) is 4.18 Å². The molecule has 0 heterocycles. The molecular formula is C3H4NO3S-. The highest BCUT2D eigenvalue weighted by atomic mass is 32.2. The van der Waals surface area contributed by atoms with Gasteiger partial charge in [0.25, 0.3) is 0 Å². The van der Waals surface area contributed by atoms with Crippen molar-refractivity contribution in [2.45, 2.75) is 13.0 Å². The highest BCUT2D eigenvalue weighted by Gasteiger charge is 1.95. The fraction of sp³-hybridized carbons (Fsp3) is 0.667. The average Bonchev–Trinajstić information content (AvgIpc) is 1.65. The summed E-state index contributed by atoms with van der Waals surface area (Å²) in [5.41, 5.74) is 0. The summed E-state index contributed by atoms with van der Waals surface area (Å²) in [7, 11) is 0. The Morgan fingerprint density at radius 3 is 2.62 bits per heavy atom. The Balaban J connectivity index is 3.43. The van der Waals surface area contributed by atoms with Crippen LogP contribution in [0.1, 0.15) is 6.92 Å². The van der Waals surface area contributed by atoms with Gasteiger partial charge in [-0.25, -0.2) is 4.21 Å². The number of hydrogen-bond donors (Lipinski definition) is 0. The molecule has 46 valence electrons. The maximum atomic E-state index is 9.60. The van der Waals surface area contributed by atoms with Crippen LogP contribution in [0.2, 0.25) is 0 Å². The van der Waals surface area contributed by atoms with Crippen molar-refractivity contribution in [3.63, 3.8) is 0 Å². The van der Waals surface area contributed by atoms with E-state index in [2.05, 4.69) is 4.18 Å². The minimum atomic E-state index is -2.57. The summed E-state index contributed by atoms with van der Waals surface area (Å²) in [6.45, 7) is 1.34. The third-order valence-electron chi connectivity index (χ3n) is 0.405. The molecule has 0 bridgehead atoms. The second kappa shape index (κ2) is 3.55. The Bertz CT molecular complexity index is 129. The first-order chi connectivity index (χ1) is 3.66. The number of hydrogen-bond acceptors (Lipinski definition) is 4. The molecule has 8 heavy (non-hydrogen) atoms. The second-order valence-corrected chi connectivity index (χ2v) is 1.67. The van der Waals surface area contributed by atoms with E-state index in [-0.39, 0.29) is 0 Å². The van der Waals surface area contributed by atoms with Crippen molar-refractivity contribution in [2.75, 3.05) is 0 Å². The molecular weight excluding hydrogens is 130 g/mol. The van der Waals surface area contributed by atoms with E-state index in [1.165, 1.54) is 6.92 Å². The van der Waals surface area contributed by atoms with Crippen LogP contribution in [0, 0.1) is 11.3 Å². The van der Waals surface area contributed by atoms with Crippen LogP contribution in [0.25, 0.3) is 0 Å². The molecule has 0 rings (SSSR count). The maximum Gasteiger partial charge on any atom is 0.157 e. The van der Waals surface area contributed by atoms with E-state index < -0.39 is 17.5 Å². The molecule has 0 saturated heterocycles. The molecule has 0 spiro atoms. The van der Waals surface area contributed by atoms with Crippen molar-refractivity contribution >= 4 is 11.4 Å². The molecule has 0 aromatic heterocycles. The Labute approximate surface area is 49.6 Å². The highest BCUT2D eigenvalue weighted by molar-refractivity contribution is 7.74. The molecule has 2 unspecified atom stereocenters. The van der Waals surface area contributed by atoms with Crippen molar-refractivity contribution in [3.8, 4) is 6.07 Å². The minimum Gasteiger partial charge on any atom is -0.750 e. The summed E-state index contributed by atoms with van der Waals surface area (Å²) >= 11 is -2.57. The minimum absolute atomic E-state index is 0.881. The molecule has 4 nitrogen and oxygen atoms in total. The van der Waals surface area contributed by atoms with Crippen LogP contribution in [0.3, 0.4) is 0 Å². The Morgan fingerprint density at radius 1 is 2.00 bits per heavy atom. The van der Waals surface area contributed by atoms with Crippen LogP contribution in [0.5, 0.6) is 0 Å². The van der Waals surface area contributed by atoms with Crippen molar-refractivity contribution in [1.82, 2.24) is 0 Å². The lowest BCUT2D eigenvalue weighted by atomic mass is 10.5. The van der Waals surface area contributed by atoms with E-state index in [0.717, 1.165) is 0 Å². The summed E-state index contributed by atoms with van der Waals surface area (Å²) < 4.78 is 23.1. The molecule has 0 aliphatic carbocycles. The summed E-state index contributed by atoms with van der Waals surface area (Å²) in [6, 6.07) is 1.58. The van der Waals surface area contributed by atoms with E-state index >= 15 is 0 Å². The lowest BCUT2D eigenvalue weighted by Crippen LogP contribution is -2.06. The Morgan fingerprint density at radius 2 is 2.50 bits per heavy atom. The van der Waals surface area contributed by atoms with Crippen LogP contribution < -0.4 is 0 Å². The number of rotatable bonds is 2. The van der Waals surface area contributed by atoms with Gasteiger partial charge in [-0.1, -0.05) is 0 Å². The first kappa shape index (κ1) is 7.56. The quantitative estimate of drug-likeness (QED) is 0.486. The zero-order valence-corrected chi connectivity index (χ0v) is 4.97. The standard InChI is InChI=1S/C3H5NO3S/c1-3(2-4)7-8(5)6/h3H,1H3,(H,5,6)/p-1. The van der Waals surface area contributed by atoms with Crippen LogP contribution in [-0.4, -0.2) is 14.9 Å². The van der Waals surface area contributed by atoms with Crippen LogP contribution in [-0.2, 0) is 15.5 Å². The molecule has 0 N–H and O–H groups in total. The normalized spacial score (nSPS) is 16.6. The highest BCUT2D eigenvalue weighted by Crippen LogP contribution is 1.88. The fourth-order valence-electron chi connectivity index (χ4n) is 0.139. The molecule has 0 radical (unpaired) electrons. The van der Waals surface area contributed by atoms with Gasteiger partial charge >= 0.3 is 0 Å². The van der Waals surface area contributed by atoms with Gasteiger partial charge in [0, 0.05) is 0 Å². The van der Waals surface area contributed by atoms with Crippen molar-refractivity contribution in [1.29, 1.82) is 5.26 Å². The maximum absolute atomic E-state index is 9.60. The molecule has 0 aromatic rings. The van der Waals surface area contributed by atoms with Gasteiger partial charge in [-0.15, -0.1) is 0 Å². The number of nitrogens with zero attached hydrogens (tertiary/aromatic N) is 1. The van der Waals surface area contributed by atoms with Gasteiger partial charge < -0.3 is 4.55 Å². The summed E-state index contributed by atoms with van der Waals surface area (Å²) in [6.07, 6.45) is -0.881. The monoisotopic (exact) mass is 134 g/mol. The Hall–Kier alpha value is -0.440. The number of nitriles is 1. The van der Waals surface area contributed by atoms with Gasteiger partial charge in [0.05, 0.1) is 17.4 Å². The fourth-order valence-corrected chi connectivity index (χ4v) is 0.418.